The number of hydrogen-bond acceptors (Lipinski definition) is 2. The molecule has 0 radical (unpaired) electrons. The van der Waals surface area contributed by atoms with Crippen molar-refractivity contribution < 1.29 is 9.90 Å². The Hall–Kier alpha value is -0.830. The molecule has 1 aliphatic carbocycles. The van der Waals surface area contributed by atoms with Crippen LogP contribution in [0.25, 0.3) is 0 Å². The van der Waals surface area contributed by atoms with Crippen molar-refractivity contribution in [3.8, 4) is 0 Å². The number of carboxylic acid groups (broad SMARTS) is 1. The molecule has 0 saturated heterocycles. The van der Waals surface area contributed by atoms with E-state index in [-0.39, 0.29) is 12.0 Å². The lowest BCUT2D eigenvalue weighted by Crippen LogP contribution is -2.33. The highest BCUT2D eigenvalue weighted by atomic mass is 16.4. The third-order valence-corrected chi connectivity index (χ3v) is 3.03. The van der Waals surface area contributed by atoms with Crippen molar-refractivity contribution in [2.45, 2.75) is 32.2 Å². The van der Waals surface area contributed by atoms with Crippen molar-refractivity contribution in [1.29, 1.82) is 0 Å². The van der Waals surface area contributed by atoms with Crippen LogP contribution >= 0.6 is 0 Å². The maximum Gasteiger partial charge on any atom is 0.306 e. The summed E-state index contributed by atoms with van der Waals surface area (Å²) in [7, 11) is 0. The van der Waals surface area contributed by atoms with Crippen LogP contribution in [0, 0.1) is 11.8 Å². The fourth-order valence-electron chi connectivity index (χ4n) is 2.03. The van der Waals surface area contributed by atoms with Gasteiger partial charge in [-0.05, 0) is 32.2 Å². The van der Waals surface area contributed by atoms with Gasteiger partial charge < -0.3 is 10.4 Å². The fourth-order valence-corrected chi connectivity index (χ4v) is 2.03. The molecule has 0 aromatic heterocycles. The van der Waals surface area contributed by atoms with Crippen LogP contribution in [0.15, 0.2) is 12.7 Å². The third-order valence-electron chi connectivity index (χ3n) is 3.03. The smallest absolute Gasteiger partial charge is 0.306 e. The lowest BCUT2D eigenvalue weighted by atomic mass is 9.96. The molecular weight excluding hydrogens is 178 g/mol. The SMILES string of the molecule is C=CC(C)NCC1CCCC1C(=O)O. The minimum atomic E-state index is -0.638. The van der Waals surface area contributed by atoms with Gasteiger partial charge in [-0.15, -0.1) is 6.58 Å². The predicted octanol–water partition coefficient (Wildman–Crippen LogP) is 1.65. The van der Waals surface area contributed by atoms with Crippen LogP contribution in [-0.2, 0) is 4.79 Å². The summed E-state index contributed by atoms with van der Waals surface area (Å²) in [5.41, 5.74) is 0. The van der Waals surface area contributed by atoms with Crippen LogP contribution < -0.4 is 5.32 Å². The molecule has 0 spiro atoms. The molecule has 1 fully saturated rings. The van der Waals surface area contributed by atoms with E-state index in [1.54, 1.807) is 0 Å². The molecule has 2 N–H and O–H groups in total. The maximum absolute atomic E-state index is 10.9. The largest absolute Gasteiger partial charge is 0.481 e. The second-order valence-corrected chi connectivity index (χ2v) is 4.07. The summed E-state index contributed by atoms with van der Waals surface area (Å²) in [6, 6.07) is 0.269. The molecule has 14 heavy (non-hydrogen) atoms. The average molecular weight is 197 g/mol. The van der Waals surface area contributed by atoms with Gasteiger partial charge >= 0.3 is 5.97 Å². The van der Waals surface area contributed by atoms with E-state index < -0.39 is 5.97 Å². The summed E-state index contributed by atoms with van der Waals surface area (Å²) in [4.78, 5) is 10.9. The van der Waals surface area contributed by atoms with E-state index >= 15 is 0 Å². The van der Waals surface area contributed by atoms with Crippen LogP contribution in [0.4, 0.5) is 0 Å². The van der Waals surface area contributed by atoms with E-state index in [2.05, 4.69) is 11.9 Å². The lowest BCUT2D eigenvalue weighted by Gasteiger charge is -2.18. The van der Waals surface area contributed by atoms with E-state index in [0.29, 0.717) is 5.92 Å². The Morgan fingerprint density at radius 2 is 2.43 bits per heavy atom. The van der Waals surface area contributed by atoms with E-state index in [1.807, 2.05) is 13.0 Å². The zero-order valence-corrected chi connectivity index (χ0v) is 8.70. The zero-order valence-electron chi connectivity index (χ0n) is 8.70. The molecular formula is C11H19NO2. The van der Waals surface area contributed by atoms with Crippen molar-refractivity contribution in [3.05, 3.63) is 12.7 Å². The Balaban J connectivity index is 2.36. The molecule has 1 saturated carbocycles. The number of carbonyl (C=O) groups is 1. The monoisotopic (exact) mass is 197 g/mol. The summed E-state index contributed by atoms with van der Waals surface area (Å²) >= 11 is 0. The quantitative estimate of drug-likeness (QED) is 0.659. The highest BCUT2D eigenvalue weighted by Gasteiger charge is 2.32. The Labute approximate surface area is 85.2 Å². The molecule has 80 valence electrons. The molecule has 0 aromatic carbocycles. The number of hydrogen-bond donors (Lipinski definition) is 2. The Bertz CT molecular complexity index is 215. The Kier molecular flexibility index (Phi) is 4.14. The molecule has 1 rings (SSSR count). The van der Waals surface area contributed by atoms with Crippen LogP contribution in [0.2, 0.25) is 0 Å². The summed E-state index contributed by atoms with van der Waals surface area (Å²) < 4.78 is 0. The molecule has 0 aromatic rings. The van der Waals surface area contributed by atoms with Gasteiger partial charge in [0, 0.05) is 6.04 Å². The third kappa shape index (κ3) is 2.84. The van der Waals surface area contributed by atoms with Crippen molar-refractivity contribution in [3.63, 3.8) is 0 Å². The number of nitrogens with one attached hydrogen (secondary N) is 1. The second-order valence-electron chi connectivity index (χ2n) is 4.07. The summed E-state index contributed by atoms with van der Waals surface area (Å²) in [5, 5.41) is 12.2. The first kappa shape index (κ1) is 11.2. The highest BCUT2D eigenvalue weighted by Crippen LogP contribution is 2.31. The second kappa shape index (κ2) is 5.15. The topological polar surface area (TPSA) is 49.3 Å². The van der Waals surface area contributed by atoms with Crippen molar-refractivity contribution >= 4 is 5.97 Å². The first-order chi connectivity index (χ1) is 6.65. The summed E-state index contributed by atoms with van der Waals surface area (Å²) in [5.74, 6) is -0.477. The minimum absolute atomic E-state index is 0.139. The van der Waals surface area contributed by atoms with Crippen LogP contribution in [0.5, 0.6) is 0 Å². The average Bonchev–Trinajstić information content (AvgIpc) is 2.62. The van der Waals surface area contributed by atoms with Gasteiger partial charge in [-0.1, -0.05) is 12.5 Å². The highest BCUT2D eigenvalue weighted by molar-refractivity contribution is 5.70. The van der Waals surface area contributed by atoms with E-state index in [9.17, 15) is 4.79 Å². The molecule has 1 aliphatic rings. The van der Waals surface area contributed by atoms with Gasteiger partial charge in [-0.25, -0.2) is 0 Å². The molecule has 0 aliphatic heterocycles. The lowest BCUT2D eigenvalue weighted by molar-refractivity contribution is -0.142. The number of aliphatic carboxylic acids is 1. The summed E-state index contributed by atoms with van der Waals surface area (Å²) in [6.45, 7) is 6.50. The normalized spacial score (nSPS) is 28.6. The standard InChI is InChI=1S/C11H19NO2/c1-3-8(2)12-7-9-5-4-6-10(9)11(13)14/h3,8-10,12H,1,4-7H2,2H3,(H,13,14). The van der Waals surface area contributed by atoms with Gasteiger partial charge in [0.25, 0.3) is 0 Å². The van der Waals surface area contributed by atoms with Gasteiger partial charge in [0.1, 0.15) is 0 Å². The predicted molar refractivity (Wildman–Crippen MR) is 56.1 cm³/mol. The molecule has 0 amide bonds. The van der Waals surface area contributed by atoms with Gasteiger partial charge in [-0.2, -0.15) is 0 Å². The molecule has 3 nitrogen and oxygen atoms in total. The van der Waals surface area contributed by atoms with Crippen molar-refractivity contribution in [2.24, 2.45) is 11.8 Å². The molecule has 3 unspecified atom stereocenters. The van der Waals surface area contributed by atoms with Crippen molar-refractivity contribution in [1.82, 2.24) is 5.32 Å². The van der Waals surface area contributed by atoms with Gasteiger partial charge in [0.2, 0.25) is 0 Å². The van der Waals surface area contributed by atoms with Crippen LogP contribution in [-0.4, -0.2) is 23.7 Å². The first-order valence-corrected chi connectivity index (χ1v) is 5.24. The van der Waals surface area contributed by atoms with E-state index in [1.165, 1.54) is 0 Å². The fraction of sp³-hybridized carbons (Fsp3) is 0.727. The van der Waals surface area contributed by atoms with Gasteiger partial charge in [0.05, 0.1) is 5.92 Å². The summed E-state index contributed by atoms with van der Waals surface area (Å²) in [6.07, 6.45) is 4.76. The number of carboxylic acids is 1. The first-order valence-electron chi connectivity index (χ1n) is 5.24. The molecule has 3 heteroatoms. The molecule has 0 bridgehead atoms. The van der Waals surface area contributed by atoms with Gasteiger partial charge in [-0.3, -0.25) is 4.79 Å². The van der Waals surface area contributed by atoms with E-state index in [0.717, 1.165) is 25.8 Å². The Morgan fingerprint density at radius 3 is 3.00 bits per heavy atom. The Morgan fingerprint density at radius 1 is 1.71 bits per heavy atom. The minimum Gasteiger partial charge on any atom is -0.481 e. The van der Waals surface area contributed by atoms with Crippen molar-refractivity contribution in [2.75, 3.05) is 6.54 Å². The van der Waals surface area contributed by atoms with Gasteiger partial charge in [0.15, 0.2) is 0 Å². The van der Waals surface area contributed by atoms with E-state index in [4.69, 9.17) is 5.11 Å². The maximum atomic E-state index is 10.9. The van der Waals surface area contributed by atoms with Crippen LogP contribution in [0.1, 0.15) is 26.2 Å². The molecule has 3 atom stereocenters. The van der Waals surface area contributed by atoms with Crippen LogP contribution in [0.3, 0.4) is 0 Å². The molecule has 0 heterocycles. The number of rotatable bonds is 5. The zero-order chi connectivity index (χ0) is 10.6.